The minimum atomic E-state index is -0.167. The third-order valence-electron chi connectivity index (χ3n) is 5.38. The van der Waals surface area contributed by atoms with Crippen molar-refractivity contribution in [2.75, 3.05) is 44.6 Å². The molecule has 1 aromatic heterocycles. The van der Waals surface area contributed by atoms with Gasteiger partial charge in [0.25, 0.3) is 5.91 Å². The number of benzene rings is 2. The maximum atomic E-state index is 12.6. The Hall–Kier alpha value is -3.36. The number of ether oxygens (including phenoxy) is 1. The van der Waals surface area contributed by atoms with Crippen molar-refractivity contribution >= 4 is 29.2 Å². The summed E-state index contributed by atoms with van der Waals surface area (Å²) >= 11 is 6.37. The SMILES string of the molecule is Cc1cc(NC(=O)CN2CCN(C(=O)COc3ccc(-c4ccccc4)cc3Cl)CC2)no1. The highest BCUT2D eigenvalue weighted by Crippen LogP contribution is 2.30. The number of piperazine rings is 1. The number of hydrogen-bond donors (Lipinski definition) is 1. The van der Waals surface area contributed by atoms with E-state index >= 15 is 0 Å². The van der Waals surface area contributed by atoms with E-state index in [1.165, 1.54) is 0 Å². The first kappa shape index (κ1) is 22.8. The van der Waals surface area contributed by atoms with E-state index in [4.69, 9.17) is 20.9 Å². The number of amides is 2. The number of halogens is 1. The number of aromatic nitrogens is 1. The predicted octanol–water partition coefficient (Wildman–Crippen LogP) is 3.47. The Morgan fingerprint density at radius 3 is 2.48 bits per heavy atom. The van der Waals surface area contributed by atoms with Gasteiger partial charge >= 0.3 is 0 Å². The zero-order valence-electron chi connectivity index (χ0n) is 18.3. The van der Waals surface area contributed by atoms with Crippen molar-refractivity contribution in [3.63, 3.8) is 0 Å². The van der Waals surface area contributed by atoms with Gasteiger partial charge in [-0.05, 0) is 30.2 Å². The normalized spacial score (nSPS) is 14.2. The molecule has 2 heterocycles. The number of nitrogens with zero attached hydrogens (tertiary/aromatic N) is 3. The molecule has 2 aromatic carbocycles. The summed E-state index contributed by atoms with van der Waals surface area (Å²) < 4.78 is 10.6. The molecule has 0 bridgehead atoms. The van der Waals surface area contributed by atoms with Gasteiger partial charge in [-0.25, -0.2) is 0 Å². The Morgan fingerprint density at radius 2 is 1.82 bits per heavy atom. The average molecular weight is 469 g/mol. The zero-order valence-corrected chi connectivity index (χ0v) is 19.0. The van der Waals surface area contributed by atoms with Crippen LogP contribution in [-0.2, 0) is 9.59 Å². The van der Waals surface area contributed by atoms with E-state index in [2.05, 4.69) is 10.5 Å². The number of nitrogens with one attached hydrogen (secondary N) is 1. The van der Waals surface area contributed by atoms with Crippen LogP contribution < -0.4 is 10.1 Å². The first-order valence-electron chi connectivity index (χ1n) is 10.7. The lowest BCUT2D eigenvalue weighted by Crippen LogP contribution is -2.51. The number of carbonyl (C=O) groups excluding carboxylic acids is 2. The van der Waals surface area contributed by atoms with Gasteiger partial charge in [0.2, 0.25) is 5.91 Å². The quantitative estimate of drug-likeness (QED) is 0.571. The Balaban J connectivity index is 1.22. The monoisotopic (exact) mass is 468 g/mol. The largest absolute Gasteiger partial charge is 0.482 e. The van der Waals surface area contributed by atoms with Crippen LogP contribution in [0.25, 0.3) is 11.1 Å². The topological polar surface area (TPSA) is 87.9 Å². The van der Waals surface area contributed by atoms with Crippen LogP contribution in [0, 0.1) is 6.92 Å². The molecular weight excluding hydrogens is 444 g/mol. The van der Waals surface area contributed by atoms with Crippen molar-refractivity contribution in [1.29, 1.82) is 0 Å². The van der Waals surface area contributed by atoms with E-state index in [1.807, 2.05) is 47.4 Å². The predicted molar refractivity (Wildman–Crippen MR) is 125 cm³/mol. The molecule has 1 aliphatic rings. The third kappa shape index (κ3) is 6.12. The molecule has 8 nitrogen and oxygen atoms in total. The van der Waals surface area contributed by atoms with E-state index in [1.54, 1.807) is 24.0 Å². The lowest BCUT2D eigenvalue weighted by atomic mass is 10.1. The Morgan fingerprint density at radius 1 is 1.06 bits per heavy atom. The Kier molecular flexibility index (Phi) is 7.26. The van der Waals surface area contributed by atoms with Crippen molar-refractivity contribution in [2.45, 2.75) is 6.92 Å². The molecule has 1 saturated heterocycles. The van der Waals surface area contributed by atoms with E-state index in [0.717, 1.165) is 11.1 Å². The summed E-state index contributed by atoms with van der Waals surface area (Å²) in [5.74, 6) is 1.23. The number of carbonyl (C=O) groups is 2. The molecule has 0 radical (unpaired) electrons. The number of anilines is 1. The molecule has 9 heteroatoms. The second-order valence-electron chi connectivity index (χ2n) is 7.83. The van der Waals surface area contributed by atoms with Crippen LogP contribution >= 0.6 is 11.6 Å². The van der Waals surface area contributed by atoms with Gasteiger partial charge in [-0.3, -0.25) is 14.5 Å². The molecular formula is C24H25ClN4O4. The van der Waals surface area contributed by atoms with Gasteiger partial charge in [-0.15, -0.1) is 0 Å². The second-order valence-corrected chi connectivity index (χ2v) is 8.24. The molecule has 0 spiro atoms. The first-order valence-corrected chi connectivity index (χ1v) is 11.1. The van der Waals surface area contributed by atoms with Crippen LogP contribution in [0.15, 0.2) is 59.1 Å². The Labute approximate surface area is 197 Å². The molecule has 1 aliphatic heterocycles. The molecule has 33 heavy (non-hydrogen) atoms. The van der Waals surface area contributed by atoms with Crippen LogP contribution in [-0.4, -0.2) is 66.1 Å². The average Bonchev–Trinajstić information content (AvgIpc) is 3.23. The van der Waals surface area contributed by atoms with Crippen LogP contribution in [0.2, 0.25) is 5.02 Å². The van der Waals surface area contributed by atoms with E-state index in [-0.39, 0.29) is 25.0 Å². The fraction of sp³-hybridized carbons (Fsp3) is 0.292. The summed E-state index contributed by atoms with van der Waals surface area (Å²) in [7, 11) is 0. The maximum Gasteiger partial charge on any atom is 0.260 e. The second kappa shape index (κ2) is 10.5. The van der Waals surface area contributed by atoms with E-state index in [9.17, 15) is 9.59 Å². The van der Waals surface area contributed by atoms with Crippen LogP contribution in [0.4, 0.5) is 5.82 Å². The fourth-order valence-electron chi connectivity index (χ4n) is 3.63. The molecule has 0 aliphatic carbocycles. The lowest BCUT2D eigenvalue weighted by molar-refractivity contribution is -0.135. The van der Waals surface area contributed by atoms with Crippen molar-refractivity contribution in [3.05, 3.63) is 65.4 Å². The summed E-state index contributed by atoms with van der Waals surface area (Å²) in [6.07, 6.45) is 0. The highest BCUT2D eigenvalue weighted by atomic mass is 35.5. The zero-order chi connectivity index (χ0) is 23.2. The maximum absolute atomic E-state index is 12.6. The lowest BCUT2D eigenvalue weighted by Gasteiger charge is -2.34. The molecule has 1 fully saturated rings. The molecule has 0 saturated carbocycles. The van der Waals surface area contributed by atoms with E-state index in [0.29, 0.717) is 48.5 Å². The minimum Gasteiger partial charge on any atom is -0.482 e. The van der Waals surface area contributed by atoms with Gasteiger partial charge in [0.1, 0.15) is 11.5 Å². The van der Waals surface area contributed by atoms with Gasteiger partial charge < -0.3 is 19.5 Å². The van der Waals surface area contributed by atoms with Gasteiger partial charge in [0.15, 0.2) is 12.4 Å². The molecule has 1 N–H and O–H groups in total. The van der Waals surface area contributed by atoms with E-state index < -0.39 is 0 Å². The molecule has 3 aromatic rings. The van der Waals surface area contributed by atoms with Crippen molar-refractivity contribution in [3.8, 4) is 16.9 Å². The fourth-order valence-corrected chi connectivity index (χ4v) is 3.86. The van der Waals surface area contributed by atoms with Gasteiger partial charge in [0.05, 0.1) is 11.6 Å². The summed E-state index contributed by atoms with van der Waals surface area (Å²) in [5, 5.41) is 6.92. The summed E-state index contributed by atoms with van der Waals surface area (Å²) in [6, 6.07) is 17.1. The molecule has 0 atom stereocenters. The third-order valence-corrected chi connectivity index (χ3v) is 5.67. The number of rotatable bonds is 7. The van der Waals surface area contributed by atoms with Gasteiger partial charge in [-0.2, -0.15) is 0 Å². The standard InChI is InChI=1S/C24H25ClN4O4/c1-17-13-22(27-33-17)26-23(30)15-28-9-11-29(12-10-28)24(31)16-32-21-8-7-19(14-20(21)25)18-5-3-2-4-6-18/h2-8,13-14H,9-12,15-16H2,1H3,(H,26,27,30). The van der Waals surface area contributed by atoms with Crippen molar-refractivity contribution < 1.29 is 18.8 Å². The first-order chi connectivity index (χ1) is 16.0. The molecule has 172 valence electrons. The van der Waals surface area contributed by atoms with Crippen LogP contribution in [0.5, 0.6) is 5.75 Å². The number of aryl methyl sites for hydroxylation is 1. The minimum absolute atomic E-state index is 0.0869. The van der Waals surface area contributed by atoms with Crippen LogP contribution in [0.1, 0.15) is 5.76 Å². The van der Waals surface area contributed by atoms with Gasteiger partial charge in [0, 0.05) is 32.2 Å². The summed E-state index contributed by atoms with van der Waals surface area (Å²) in [4.78, 5) is 28.5. The Bertz CT molecular complexity index is 1110. The number of hydrogen-bond acceptors (Lipinski definition) is 6. The highest BCUT2D eigenvalue weighted by molar-refractivity contribution is 6.32. The summed E-state index contributed by atoms with van der Waals surface area (Å²) in [5.41, 5.74) is 2.04. The van der Waals surface area contributed by atoms with Crippen molar-refractivity contribution in [1.82, 2.24) is 15.0 Å². The molecule has 0 unspecified atom stereocenters. The smallest absolute Gasteiger partial charge is 0.260 e. The molecule has 4 rings (SSSR count). The highest BCUT2D eigenvalue weighted by Gasteiger charge is 2.23. The molecule has 2 amide bonds. The van der Waals surface area contributed by atoms with Crippen molar-refractivity contribution in [2.24, 2.45) is 0 Å². The van der Waals surface area contributed by atoms with Gasteiger partial charge in [-0.1, -0.05) is 53.2 Å². The summed E-state index contributed by atoms with van der Waals surface area (Å²) in [6.45, 7) is 4.16. The van der Waals surface area contributed by atoms with Crippen LogP contribution in [0.3, 0.4) is 0 Å².